The van der Waals surface area contributed by atoms with Gasteiger partial charge in [-0.3, -0.25) is 18.8 Å². The molecule has 1 N–H and O–H groups in total. The molecule has 0 spiro atoms. The Morgan fingerprint density at radius 3 is 2.68 bits per heavy atom. The van der Waals surface area contributed by atoms with Crippen LogP contribution < -0.4 is 10.9 Å². The third kappa shape index (κ3) is 4.36. The van der Waals surface area contributed by atoms with Crippen molar-refractivity contribution in [3.8, 4) is 11.8 Å². The number of carbonyl (C=O) groups excluding carboxylic acids is 1. The highest BCUT2D eigenvalue weighted by Crippen LogP contribution is 2.21. The molecular weight excluding hydrogens is 468 g/mol. The summed E-state index contributed by atoms with van der Waals surface area (Å²) in [5.41, 5.74) is 3.07. The molecule has 10 nitrogen and oxygen atoms in total. The van der Waals surface area contributed by atoms with Crippen LogP contribution in [0.3, 0.4) is 0 Å². The maximum Gasteiger partial charge on any atom is 0.262 e. The maximum absolute atomic E-state index is 13.8. The molecule has 1 atom stereocenters. The Labute approximate surface area is 213 Å². The van der Waals surface area contributed by atoms with Crippen molar-refractivity contribution in [1.29, 1.82) is 0 Å². The lowest BCUT2D eigenvalue weighted by Crippen LogP contribution is -2.35. The smallest absolute Gasteiger partial charge is 0.262 e. The summed E-state index contributed by atoms with van der Waals surface area (Å²) < 4.78 is 4.86. The maximum atomic E-state index is 13.8. The van der Waals surface area contributed by atoms with Gasteiger partial charge in [-0.05, 0) is 45.9 Å². The summed E-state index contributed by atoms with van der Waals surface area (Å²) in [5.74, 6) is 6.30. The summed E-state index contributed by atoms with van der Waals surface area (Å²) in [5, 5.41) is 11.9. The quantitative estimate of drug-likeness (QED) is 0.385. The molecule has 0 saturated heterocycles. The summed E-state index contributed by atoms with van der Waals surface area (Å²) in [6.07, 6.45) is 6.84. The van der Waals surface area contributed by atoms with Crippen LogP contribution in [0.1, 0.15) is 65.9 Å². The van der Waals surface area contributed by atoms with E-state index in [1.165, 1.54) is 0 Å². The van der Waals surface area contributed by atoms with Crippen LogP contribution in [-0.4, -0.2) is 39.8 Å². The van der Waals surface area contributed by atoms with Crippen LogP contribution >= 0.6 is 0 Å². The molecule has 0 aliphatic rings. The normalized spacial score (nSPS) is 12.1. The second-order valence-corrected chi connectivity index (χ2v) is 9.13. The van der Waals surface area contributed by atoms with Crippen molar-refractivity contribution < 1.29 is 4.79 Å². The molecule has 0 aliphatic carbocycles. The van der Waals surface area contributed by atoms with Gasteiger partial charge in [-0.15, -0.1) is 0 Å². The Balaban J connectivity index is 1.57. The molecule has 0 unspecified atom stereocenters. The number of aromatic nitrogens is 7. The molecule has 10 heteroatoms. The summed E-state index contributed by atoms with van der Waals surface area (Å²) in [6, 6.07) is 6.41. The van der Waals surface area contributed by atoms with Gasteiger partial charge in [0.25, 0.3) is 11.5 Å². The number of nitrogens with zero attached hydrogens (tertiary/aromatic N) is 7. The number of benzene rings is 1. The van der Waals surface area contributed by atoms with E-state index in [-0.39, 0.29) is 17.5 Å². The van der Waals surface area contributed by atoms with Crippen LogP contribution in [0.2, 0.25) is 0 Å². The highest BCUT2D eigenvalue weighted by molar-refractivity contribution is 6.01. The van der Waals surface area contributed by atoms with Gasteiger partial charge in [-0.25, -0.2) is 14.5 Å². The van der Waals surface area contributed by atoms with Crippen molar-refractivity contribution in [1.82, 2.24) is 39.2 Å². The molecule has 1 aromatic carbocycles. The average molecular weight is 495 g/mol. The third-order valence-corrected chi connectivity index (χ3v) is 6.05. The fourth-order valence-corrected chi connectivity index (χ4v) is 4.39. The number of rotatable bonds is 4. The molecule has 5 aromatic rings. The lowest BCUT2D eigenvalue weighted by Gasteiger charge is -2.22. The van der Waals surface area contributed by atoms with Crippen LogP contribution in [-0.2, 0) is 7.05 Å². The molecule has 1 amide bonds. The summed E-state index contributed by atoms with van der Waals surface area (Å²) in [4.78, 5) is 36.2. The second kappa shape index (κ2) is 9.35. The van der Waals surface area contributed by atoms with Crippen LogP contribution in [0.5, 0.6) is 0 Å². The van der Waals surface area contributed by atoms with Gasteiger partial charge in [-0.1, -0.05) is 17.9 Å². The van der Waals surface area contributed by atoms with Crippen LogP contribution in [0, 0.1) is 18.8 Å². The number of fused-ring (bicyclic) bond motifs is 2. The van der Waals surface area contributed by atoms with E-state index < -0.39 is 6.04 Å². The van der Waals surface area contributed by atoms with E-state index in [0.29, 0.717) is 39.2 Å². The number of amides is 1. The lowest BCUT2D eigenvalue weighted by molar-refractivity contribution is 0.0938. The molecule has 4 heterocycles. The van der Waals surface area contributed by atoms with E-state index in [0.717, 1.165) is 5.56 Å². The Hall–Kier alpha value is -4.78. The molecule has 0 saturated carbocycles. The molecule has 5 rings (SSSR count). The minimum absolute atomic E-state index is 0.196. The fourth-order valence-electron chi connectivity index (χ4n) is 4.39. The molecule has 37 heavy (non-hydrogen) atoms. The Morgan fingerprint density at radius 2 is 1.95 bits per heavy atom. The van der Waals surface area contributed by atoms with E-state index >= 15 is 0 Å². The molecule has 0 aliphatic heterocycles. The minimum Gasteiger partial charge on any atom is -0.342 e. The Kier molecular flexibility index (Phi) is 6.05. The van der Waals surface area contributed by atoms with E-state index in [4.69, 9.17) is 4.98 Å². The molecular formula is C27H26N8O2. The summed E-state index contributed by atoms with van der Waals surface area (Å²) >= 11 is 0. The molecule has 186 valence electrons. The minimum atomic E-state index is -0.560. The average Bonchev–Trinajstić information content (AvgIpc) is 3.43. The fraction of sp³-hybridized carbons (Fsp3) is 0.259. The van der Waals surface area contributed by atoms with Crippen LogP contribution in [0.25, 0.3) is 16.6 Å². The van der Waals surface area contributed by atoms with Crippen LogP contribution in [0.4, 0.5) is 0 Å². The first-order valence-electron chi connectivity index (χ1n) is 11.9. The number of nitrogens with one attached hydrogen (secondary N) is 1. The van der Waals surface area contributed by atoms with E-state index in [1.54, 1.807) is 51.4 Å². The predicted molar refractivity (Wildman–Crippen MR) is 139 cm³/mol. The van der Waals surface area contributed by atoms with E-state index in [2.05, 4.69) is 32.3 Å². The van der Waals surface area contributed by atoms with Gasteiger partial charge in [-0.2, -0.15) is 10.2 Å². The highest BCUT2D eigenvalue weighted by Gasteiger charge is 2.24. The second-order valence-electron chi connectivity index (χ2n) is 9.13. The van der Waals surface area contributed by atoms with Crippen molar-refractivity contribution >= 4 is 22.5 Å². The SMILES string of the molecule is Cc1nn2cccnc2c1C(=O)N[C@@H](C)c1nc2cccc(C#Cc3cnn(C)c3)c2c(=O)n1C(C)C. The highest BCUT2D eigenvalue weighted by atomic mass is 16.2. The molecule has 0 bridgehead atoms. The Morgan fingerprint density at radius 1 is 1.14 bits per heavy atom. The third-order valence-electron chi connectivity index (χ3n) is 6.05. The first-order chi connectivity index (χ1) is 17.7. The molecule has 4 aromatic heterocycles. The topological polar surface area (TPSA) is 112 Å². The molecule has 0 fully saturated rings. The number of aryl methyl sites for hydroxylation is 2. The lowest BCUT2D eigenvalue weighted by atomic mass is 10.1. The summed E-state index contributed by atoms with van der Waals surface area (Å²) in [6.45, 7) is 7.40. The van der Waals surface area contributed by atoms with Gasteiger partial charge >= 0.3 is 0 Å². The van der Waals surface area contributed by atoms with Crippen molar-refractivity contribution in [2.24, 2.45) is 7.05 Å². The van der Waals surface area contributed by atoms with Crippen molar-refractivity contribution in [3.05, 3.63) is 87.6 Å². The van der Waals surface area contributed by atoms with Gasteiger partial charge < -0.3 is 5.32 Å². The van der Waals surface area contributed by atoms with Gasteiger partial charge in [0.1, 0.15) is 11.4 Å². The number of hydrogen-bond donors (Lipinski definition) is 1. The van der Waals surface area contributed by atoms with Gasteiger partial charge in [0.2, 0.25) is 0 Å². The largest absolute Gasteiger partial charge is 0.342 e. The van der Waals surface area contributed by atoms with Gasteiger partial charge in [0.15, 0.2) is 5.65 Å². The zero-order valence-corrected chi connectivity index (χ0v) is 21.2. The van der Waals surface area contributed by atoms with Gasteiger partial charge in [0, 0.05) is 37.2 Å². The first-order valence-corrected chi connectivity index (χ1v) is 11.9. The zero-order chi connectivity index (χ0) is 26.3. The van der Waals surface area contributed by atoms with E-state index in [9.17, 15) is 9.59 Å². The molecule has 0 radical (unpaired) electrons. The van der Waals surface area contributed by atoms with Crippen LogP contribution in [0.15, 0.2) is 53.8 Å². The zero-order valence-electron chi connectivity index (χ0n) is 21.2. The first kappa shape index (κ1) is 23.9. The van der Waals surface area contributed by atoms with E-state index in [1.807, 2.05) is 46.1 Å². The van der Waals surface area contributed by atoms with Crippen molar-refractivity contribution in [3.63, 3.8) is 0 Å². The number of hydrogen-bond acceptors (Lipinski definition) is 6. The van der Waals surface area contributed by atoms with Crippen molar-refractivity contribution in [2.45, 2.75) is 39.8 Å². The monoisotopic (exact) mass is 494 g/mol. The standard InChI is InChI=1S/C27H26N8O2/c1-16(2)35-24(18(4)30-26(36)22-17(3)32-34-13-7-12-28-25(22)34)31-21-9-6-8-20(23(21)27(35)37)11-10-19-14-29-33(5)15-19/h6-9,12-16,18H,1-5H3,(H,30,36)/t18-/m0/s1. The summed E-state index contributed by atoms with van der Waals surface area (Å²) in [7, 11) is 1.82. The Bertz CT molecular complexity index is 1780. The number of carbonyl (C=O) groups is 1. The van der Waals surface area contributed by atoms with Gasteiger partial charge in [0.05, 0.1) is 34.4 Å². The predicted octanol–water partition coefficient (Wildman–Crippen LogP) is 2.95. The van der Waals surface area contributed by atoms with Crippen molar-refractivity contribution in [2.75, 3.05) is 0 Å².